The van der Waals surface area contributed by atoms with Crippen LogP contribution in [0.1, 0.15) is 21.5 Å². The molecule has 0 spiro atoms. The zero-order chi connectivity index (χ0) is 18.6. The maximum absolute atomic E-state index is 12.4. The van der Waals surface area contributed by atoms with Crippen LogP contribution in [0.15, 0.2) is 41.3 Å². The summed E-state index contributed by atoms with van der Waals surface area (Å²) in [6.07, 6.45) is 1.09. The van der Waals surface area contributed by atoms with Crippen molar-refractivity contribution in [3.05, 3.63) is 53.1 Å². The molecule has 0 atom stereocenters. The van der Waals surface area contributed by atoms with E-state index in [9.17, 15) is 13.2 Å². The lowest BCUT2D eigenvalue weighted by molar-refractivity contribution is 0.0468. The summed E-state index contributed by atoms with van der Waals surface area (Å²) in [4.78, 5) is 12.5. The van der Waals surface area contributed by atoms with Gasteiger partial charge in [-0.05, 0) is 42.8 Å². The average molecular weight is 364 g/mol. The molecule has 0 aliphatic rings. The summed E-state index contributed by atoms with van der Waals surface area (Å²) in [5.41, 5.74) is 1.49. The van der Waals surface area contributed by atoms with Crippen LogP contribution in [0.25, 0.3) is 0 Å². The number of hydrogen-bond acceptors (Lipinski definition) is 6. The lowest BCUT2D eigenvalue weighted by atomic mass is 10.1. The van der Waals surface area contributed by atoms with Crippen LogP contribution in [-0.4, -0.2) is 34.9 Å². The molecule has 2 aromatic rings. The number of esters is 1. The molecule has 25 heavy (non-hydrogen) atoms. The van der Waals surface area contributed by atoms with Crippen LogP contribution >= 0.6 is 0 Å². The predicted molar refractivity (Wildman–Crippen MR) is 93.0 cm³/mol. The number of hydrogen-bond donors (Lipinski definition) is 0. The van der Waals surface area contributed by atoms with Gasteiger partial charge in [0.15, 0.2) is 9.84 Å². The molecule has 0 N–H and O–H groups in total. The van der Waals surface area contributed by atoms with Crippen LogP contribution in [0.5, 0.6) is 11.5 Å². The number of benzene rings is 2. The van der Waals surface area contributed by atoms with Crippen molar-refractivity contribution in [3.63, 3.8) is 0 Å². The van der Waals surface area contributed by atoms with Gasteiger partial charge in [0.25, 0.3) is 0 Å². The van der Waals surface area contributed by atoms with Crippen molar-refractivity contribution in [3.8, 4) is 11.5 Å². The van der Waals surface area contributed by atoms with E-state index in [2.05, 4.69) is 0 Å². The SMILES string of the molecule is COc1ccc(OC)c(COC(=O)c2cc(S(C)(=O)=O)ccc2C)c1. The van der Waals surface area contributed by atoms with Gasteiger partial charge in [-0.15, -0.1) is 0 Å². The van der Waals surface area contributed by atoms with E-state index in [0.29, 0.717) is 22.6 Å². The second-order valence-corrected chi connectivity index (χ2v) is 7.52. The number of rotatable bonds is 6. The summed E-state index contributed by atoms with van der Waals surface area (Å²) in [5.74, 6) is 0.574. The molecule has 0 amide bonds. The molecule has 0 saturated heterocycles. The summed E-state index contributed by atoms with van der Waals surface area (Å²) in [6, 6.07) is 9.55. The van der Waals surface area contributed by atoms with Crippen LogP contribution in [0.4, 0.5) is 0 Å². The highest BCUT2D eigenvalue weighted by atomic mass is 32.2. The molecule has 0 heterocycles. The first-order chi connectivity index (χ1) is 11.8. The Kier molecular flexibility index (Phi) is 5.69. The van der Waals surface area contributed by atoms with E-state index >= 15 is 0 Å². The molecule has 134 valence electrons. The number of sulfone groups is 1. The number of carbonyl (C=O) groups excluding carboxylic acids is 1. The molecule has 0 radical (unpaired) electrons. The Morgan fingerprint density at radius 1 is 1.04 bits per heavy atom. The van der Waals surface area contributed by atoms with Crippen LogP contribution in [0.3, 0.4) is 0 Å². The topological polar surface area (TPSA) is 78.9 Å². The molecule has 2 rings (SSSR count). The summed E-state index contributed by atoms with van der Waals surface area (Å²) in [5, 5.41) is 0. The van der Waals surface area contributed by atoms with E-state index in [1.54, 1.807) is 31.2 Å². The third kappa shape index (κ3) is 4.51. The largest absolute Gasteiger partial charge is 0.497 e. The second-order valence-electron chi connectivity index (χ2n) is 5.50. The highest BCUT2D eigenvalue weighted by Gasteiger charge is 2.16. The van der Waals surface area contributed by atoms with Gasteiger partial charge < -0.3 is 14.2 Å². The quantitative estimate of drug-likeness (QED) is 0.734. The maximum atomic E-state index is 12.4. The van der Waals surface area contributed by atoms with Crippen LogP contribution < -0.4 is 9.47 Å². The zero-order valence-electron chi connectivity index (χ0n) is 14.5. The number of ether oxygens (including phenoxy) is 3. The second kappa shape index (κ2) is 7.57. The first-order valence-electron chi connectivity index (χ1n) is 7.45. The van der Waals surface area contributed by atoms with E-state index in [-0.39, 0.29) is 17.1 Å². The lowest BCUT2D eigenvalue weighted by Gasteiger charge is -2.12. The number of methoxy groups -OCH3 is 2. The van der Waals surface area contributed by atoms with Gasteiger partial charge in [-0.3, -0.25) is 0 Å². The van der Waals surface area contributed by atoms with Gasteiger partial charge in [0.05, 0.1) is 24.7 Å². The molecule has 0 saturated carbocycles. The van der Waals surface area contributed by atoms with Crippen LogP contribution in [0, 0.1) is 6.92 Å². The smallest absolute Gasteiger partial charge is 0.338 e. The Labute approximate surface area is 147 Å². The Balaban J connectivity index is 2.24. The van der Waals surface area contributed by atoms with Crippen molar-refractivity contribution >= 4 is 15.8 Å². The predicted octanol–water partition coefficient (Wildman–Crippen LogP) is 2.77. The Bertz CT molecular complexity index is 886. The normalized spacial score (nSPS) is 11.0. The highest BCUT2D eigenvalue weighted by Crippen LogP contribution is 2.25. The third-order valence-corrected chi connectivity index (χ3v) is 4.81. The first kappa shape index (κ1) is 18.8. The minimum Gasteiger partial charge on any atom is -0.497 e. The fraction of sp³-hybridized carbons (Fsp3) is 0.278. The Morgan fingerprint density at radius 2 is 1.76 bits per heavy atom. The molecule has 0 bridgehead atoms. The number of carbonyl (C=O) groups is 1. The third-order valence-electron chi connectivity index (χ3n) is 3.70. The first-order valence-corrected chi connectivity index (χ1v) is 9.34. The van der Waals surface area contributed by atoms with E-state index < -0.39 is 15.8 Å². The summed E-state index contributed by atoms with van der Waals surface area (Å²) < 4.78 is 39.1. The zero-order valence-corrected chi connectivity index (χ0v) is 15.3. The number of aryl methyl sites for hydroxylation is 1. The minimum atomic E-state index is -3.41. The average Bonchev–Trinajstić information content (AvgIpc) is 2.58. The van der Waals surface area contributed by atoms with Crippen LogP contribution in [0.2, 0.25) is 0 Å². The van der Waals surface area contributed by atoms with Gasteiger partial charge in [-0.2, -0.15) is 0 Å². The van der Waals surface area contributed by atoms with E-state index in [1.165, 1.54) is 26.4 Å². The minimum absolute atomic E-state index is 0.0260. The molecule has 0 aliphatic carbocycles. The van der Waals surface area contributed by atoms with Crippen molar-refractivity contribution in [1.82, 2.24) is 0 Å². The van der Waals surface area contributed by atoms with Crippen molar-refractivity contribution in [2.24, 2.45) is 0 Å². The van der Waals surface area contributed by atoms with Crippen molar-refractivity contribution in [2.75, 3.05) is 20.5 Å². The Morgan fingerprint density at radius 3 is 2.36 bits per heavy atom. The summed E-state index contributed by atoms with van der Waals surface area (Å²) in [7, 11) is -0.347. The molecule has 6 nitrogen and oxygen atoms in total. The molecule has 0 aromatic heterocycles. The molecular formula is C18H20O6S. The molecule has 0 unspecified atom stereocenters. The van der Waals surface area contributed by atoms with Crippen molar-refractivity contribution in [2.45, 2.75) is 18.4 Å². The van der Waals surface area contributed by atoms with E-state index in [0.717, 1.165) is 6.26 Å². The fourth-order valence-electron chi connectivity index (χ4n) is 2.27. The molecular weight excluding hydrogens is 344 g/mol. The summed E-state index contributed by atoms with van der Waals surface area (Å²) in [6.45, 7) is 1.69. The molecule has 7 heteroatoms. The van der Waals surface area contributed by atoms with Gasteiger partial charge in [0.1, 0.15) is 18.1 Å². The monoisotopic (exact) mass is 364 g/mol. The Hall–Kier alpha value is -2.54. The van der Waals surface area contributed by atoms with E-state index in [1.807, 2.05) is 0 Å². The van der Waals surface area contributed by atoms with E-state index in [4.69, 9.17) is 14.2 Å². The maximum Gasteiger partial charge on any atom is 0.338 e. The van der Waals surface area contributed by atoms with Gasteiger partial charge in [-0.1, -0.05) is 6.07 Å². The fourth-order valence-corrected chi connectivity index (χ4v) is 2.91. The van der Waals surface area contributed by atoms with Gasteiger partial charge >= 0.3 is 5.97 Å². The van der Waals surface area contributed by atoms with Crippen molar-refractivity contribution < 1.29 is 27.4 Å². The van der Waals surface area contributed by atoms with Crippen LogP contribution in [-0.2, 0) is 21.2 Å². The summed E-state index contributed by atoms with van der Waals surface area (Å²) >= 11 is 0. The molecule has 0 fully saturated rings. The lowest BCUT2D eigenvalue weighted by Crippen LogP contribution is -2.09. The molecule has 0 aliphatic heterocycles. The highest BCUT2D eigenvalue weighted by molar-refractivity contribution is 7.90. The standard InChI is InChI=1S/C18H20O6S/c1-12-5-7-15(25(4,20)21)10-16(12)18(19)24-11-13-9-14(22-2)6-8-17(13)23-3/h5-10H,11H2,1-4H3. The van der Waals surface area contributed by atoms with Crippen molar-refractivity contribution in [1.29, 1.82) is 0 Å². The molecule has 2 aromatic carbocycles. The van der Waals surface area contributed by atoms with Gasteiger partial charge in [0.2, 0.25) is 0 Å². The van der Waals surface area contributed by atoms with Gasteiger partial charge in [-0.25, -0.2) is 13.2 Å². The van der Waals surface area contributed by atoms with Gasteiger partial charge in [0, 0.05) is 11.8 Å².